The summed E-state index contributed by atoms with van der Waals surface area (Å²) in [4.78, 5) is 4.11. The summed E-state index contributed by atoms with van der Waals surface area (Å²) in [6.07, 6.45) is 7.07. The van der Waals surface area contributed by atoms with Gasteiger partial charge in [0.15, 0.2) is 5.75 Å². The van der Waals surface area contributed by atoms with Gasteiger partial charge in [0.05, 0.1) is 25.0 Å². The van der Waals surface area contributed by atoms with E-state index in [2.05, 4.69) is 21.6 Å². The van der Waals surface area contributed by atoms with Crippen molar-refractivity contribution in [1.29, 1.82) is 0 Å². The summed E-state index contributed by atoms with van der Waals surface area (Å²) >= 11 is 0. The summed E-state index contributed by atoms with van der Waals surface area (Å²) < 4.78 is 7.09. The molecule has 3 N–H and O–H groups in total. The van der Waals surface area contributed by atoms with Crippen LogP contribution in [0.2, 0.25) is 0 Å². The molecule has 0 aromatic carbocycles. The number of nitrogens with zero attached hydrogens (tertiary/aromatic N) is 3. The summed E-state index contributed by atoms with van der Waals surface area (Å²) in [7, 11) is 3.52. The number of nitrogens with two attached hydrogens (primary N) is 1. The minimum atomic E-state index is -0.0114. The zero-order chi connectivity index (χ0) is 13.7. The van der Waals surface area contributed by atoms with Crippen molar-refractivity contribution in [3.05, 3.63) is 42.0 Å². The zero-order valence-corrected chi connectivity index (χ0v) is 11.2. The summed E-state index contributed by atoms with van der Waals surface area (Å²) in [5.41, 5.74) is 4.97. The molecule has 0 radical (unpaired) electrons. The average Bonchev–Trinajstić information content (AvgIpc) is 2.82. The molecule has 0 fully saturated rings. The Kier molecular flexibility index (Phi) is 4.48. The third kappa shape index (κ3) is 3.10. The third-order valence-electron chi connectivity index (χ3n) is 3.14. The summed E-state index contributed by atoms with van der Waals surface area (Å²) in [5.74, 6) is 6.41. The molecule has 2 aromatic rings. The van der Waals surface area contributed by atoms with Crippen molar-refractivity contribution in [2.45, 2.75) is 18.9 Å². The van der Waals surface area contributed by atoms with Crippen LogP contribution in [0.15, 0.2) is 30.7 Å². The first-order valence-corrected chi connectivity index (χ1v) is 6.17. The van der Waals surface area contributed by atoms with Gasteiger partial charge in [0.1, 0.15) is 0 Å². The molecule has 2 aromatic heterocycles. The van der Waals surface area contributed by atoms with Gasteiger partial charge in [0.25, 0.3) is 0 Å². The topological polar surface area (TPSA) is 78.0 Å². The number of hydrogen-bond donors (Lipinski definition) is 2. The number of aryl methyl sites for hydroxylation is 2. The highest BCUT2D eigenvalue weighted by atomic mass is 16.5. The van der Waals surface area contributed by atoms with Gasteiger partial charge < -0.3 is 4.74 Å². The number of hydrogen-bond acceptors (Lipinski definition) is 5. The van der Waals surface area contributed by atoms with E-state index in [9.17, 15) is 0 Å². The number of methoxy groups -OCH3 is 1. The Balaban J connectivity index is 2.10. The van der Waals surface area contributed by atoms with Crippen molar-refractivity contribution < 1.29 is 4.74 Å². The van der Waals surface area contributed by atoms with E-state index in [0.29, 0.717) is 0 Å². The van der Waals surface area contributed by atoms with Crippen LogP contribution < -0.4 is 16.0 Å². The molecule has 0 saturated carbocycles. The van der Waals surface area contributed by atoms with E-state index in [-0.39, 0.29) is 6.04 Å². The highest BCUT2D eigenvalue weighted by Gasteiger charge is 2.19. The lowest BCUT2D eigenvalue weighted by molar-refractivity contribution is 0.389. The molecular formula is C13H19N5O. The maximum atomic E-state index is 5.66. The van der Waals surface area contributed by atoms with Crippen molar-refractivity contribution in [2.24, 2.45) is 12.9 Å². The van der Waals surface area contributed by atoms with Crippen molar-refractivity contribution in [2.75, 3.05) is 7.11 Å². The van der Waals surface area contributed by atoms with Crippen LogP contribution in [0.3, 0.4) is 0 Å². The van der Waals surface area contributed by atoms with Crippen molar-refractivity contribution in [3.8, 4) is 5.75 Å². The molecule has 0 amide bonds. The van der Waals surface area contributed by atoms with Crippen molar-refractivity contribution in [1.82, 2.24) is 20.2 Å². The highest BCUT2D eigenvalue weighted by Crippen LogP contribution is 2.26. The maximum Gasteiger partial charge on any atom is 0.161 e. The monoisotopic (exact) mass is 261 g/mol. The second-order valence-electron chi connectivity index (χ2n) is 4.34. The fraction of sp³-hybridized carbons (Fsp3) is 0.385. The molecular weight excluding hydrogens is 242 g/mol. The van der Waals surface area contributed by atoms with Crippen LogP contribution in [0.1, 0.15) is 23.7 Å². The molecule has 1 atom stereocenters. The van der Waals surface area contributed by atoms with Crippen LogP contribution in [0.25, 0.3) is 0 Å². The predicted octanol–water partition coefficient (Wildman–Crippen LogP) is 0.961. The van der Waals surface area contributed by atoms with Crippen LogP contribution in [0, 0.1) is 0 Å². The minimum Gasteiger partial charge on any atom is -0.493 e. The number of ether oxygens (including phenoxy) is 1. The van der Waals surface area contributed by atoms with E-state index in [1.165, 1.54) is 5.56 Å². The van der Waals surface area contributed by atoms with Crippen LogP contribution in [0.5, 0.6) is 5.75 Å². The highest BCUT2D eigenvalue weighted by molar-refractivity contribution is 5.28. The number of nitrogens with one attached hydrogen (secondary N) is 1. The number of hydrazine groups is 1. The van der Waals surface area contributed by atoms with E-state index in [4.69, 9.17) is 10.6 Å². The molecule has 2 rings (SSSR count). The first-order valence-electron chi connectivity index (χ1n) is 6.17. The Morgan fingerprint density at radius 2 is 2.32 bits per heavy atom. The van der Waals surface area contributed by atoms with E-state index >= 15 is 0 Å². The lowest BCUT2D eigenvalue weighted by Gasteiger charge is -2.17. The molecule has 1 unspecified atom stereocenters. The van der Waals surface area contributed by atoms with Crippen LogP contribution in [-0.2, 0) is 13.5 Å². The van der Waals surface area contributed by atoms with Crippen LogP contribution >= 0.6 is 0 Å². The van der Waals surface area contributed by atoms with Gasteiger partial charge in [-0.1, -0.05) is 6.07 Å². The fourth-order valence-electron chi connectivity index (χ4n) is 2.14. The van der Waals surface area contributed by atoms with E-state index in [0.717, 1.165) is 24.3 Å². The normalized spacial score (nSPS) is 12.4. The lowest BCUT2D eigenvalue weighted by atomic mass is 10.0. The molecule has 19 heavy (non-hydrogen) atoms. The first-order chi connectivity index (χ1) is 9.26. The molecule has 6 nitrogen and oxygen atoms in total. The SMILES string of the molecule is COc1cnn(C)c1C(CCc1cccnc1)NN. The molecule has 0 spiro atoms. The fourth-order valence-corrected chi connectivity index (χ4v) is 2.14. The Morgan fingerprint density at radius 1 is 1.47 bits per heavy atom. The van der Waals surface area contributed by atoms with E-state index in [1.54, 1.807) is 24.2 Å². The standard InChI is InChI=1S/C13H19N5O/c1-18-13(12(19-2)9-16-18)11(17-14)6-5-10-4-3-7-15-8-10/h3-4,7-9,11,17H,5-6,14H2,1-2H3. The molecule has 0 aliphatic heterocycles. The zero-order valence-electron chi connectivity index (χ0n) is 11.2. The first kappa shape index (κ1) is 13.5. The summed E-state index contributed by atoms with van der Waals surface area (Å²) in [6.45, 7) is 0. The Labute approximate surface area is 112 Å². The molecule has 0 bridgehead atoms. The van der Waals surface area contributed by atoms with Gasteiger partial charge in [-0.3, -0.25) is 20.9 Å². The van der Waals surface area contributed by atoms with Crippen LogP contribution in [-0.4, -0.2) is 21.9 Å². The second-order valence-corrected chi connectivity index (χ2v) is 4.34. The minimum absolute atomic E-state index is 0.0114. The molecule has 0 saturated heterocycles. The largest absolute Gasteiger partial charge is 0.493 e. The molecule has 2 heterocycles. The third-order valence-corrected chi connectivity index (χ3v) is 3.14. The maximum absolute atomic E-state index is 5.66. The lowest BCUT2D eigenvalue weighted by Crippen LogP contribution is -2.30. The van der Waals surface area contributed by atoms with Gasteiger partial charge in [-0.2, -0.15) is 5.10 Å². The smallest absolute Gasteiger partial charge is 0.161 e. The van der Waals surface area contributed by atoms with Crippen LogP contribution in [0.4, 0.5) is 0 Å². The van der Waals surface area contributed by atoms with Gasteiger partial charge in [-0.05, 0) is 24.5 Å². The number of aromatic nitrogens is 3. The Morgan fingerprint density at radius 3 is 2.95 bits per heavy atom. The summed E-state index contributed by atoms with van der Waals surface area (Å²) in [6, 6.07) is 3.98. The molecule has 102 valence electrons. The van der Waals surface area contributed by atoms with E-state index < -0.39 is 0 Å². The van der Waals surface area contributed by atoms with Gasteiger partial charge >= 0.3 is 0 Å². The van der Waals surface area contributed by atoms with Gasteiger partial charge in [-0.15, -0.1) is 0 Å². The Bertz CT molecular complexity index is 511. The van der Waals surface area contributed by atoms with Gasteiger partial charge in [0.2, 0.25) is 0 Å². The Hall–Kier alpha value is -1.92. The van der Waals surface area contributed by atoms with Gasteiger partial charge in [-0.25, -0.2) is 0 Å². The number of rotatable bonds is 6. The van der Waals surface area contributed by atoms with Crippen molar-refractivity contribution in [3.63, 3.8) is 0 Å². The summed E-state index contributed by atoms with van der Waals surface area (Å²) in [5, 5.41) is 4.20. The molecule has 0 aliphatic carbocycles. The quantitative estimate of drug-likeness (QED) is 0.598. The average molecular weight is 261 g/mol. The molecule has 6 heteroatoms. The predicted molar refractivity (Wildman–Crippen MR) is 72.4 cm³/mol. The van der Waals surface area contributed by atoms with Crippen molar-refractivity contribution >= 4 is 0 Å². The molecule has 0 aliphatic rings. The van der Waals surface area contributed by atoms with E-state index in [1.807, 2.05) is 19.3 Å². The van der Waals surface area contributed by atoms with Gasteiger partial charge in [0, 0.05) is 19.4 Å². The second kappa shape index (κ2) is 6.31. The number of pyridine rings is 1.